The Morgan fingerprint density at radius 3 is 2.76 bits per heavy atom. The van der Waals surface area contributed by atoms with Crippen LogP contribution in [-0.4, -0.2) is 11.0 Å². The number of anilines is 1. The highest BCUT2D eigenvalue weighted by Crippen LogP contribution is 2.21. The van der Waals surface area contributed by atoms with Crippen LogP contribution in [0.4, 0.5) is 5.82 Å². The zero-order chi connectivity index (χ0) is 11.7. The molecule has 3 heteroatoms. The van der Waals surface area contributed by atoms with Gasteiger partial charge in [0.2, 0.25) is 0 Å². The summed E-state index contributed by atoms with van der Waals surface area (Å²) in [4.78, 5) is 4.62. The van der Waals surface area contributed by atoms with Gasteiger partial charge in [0.25, 0.3) is 0 Å². The van der Waals surface area contributed by atoms with Gasteiger partial charge in [0.15, 0.2) is 0 Å². The lowest BCUT2D eigenvalue weighted by molar-refractivity contribution is 0.782. The van der Waals surface area contributed by atoms with Crippen LogP contribution >= 0.6 is 15.9 Å². The smallest absolute Gasteiger partial charge is 0.126 e. The molecule has 0 fully saturated rings. The largest absolute Gasteiger partial charge is 0.367 e. The lowest BCUT2D eigenvalue weighted by Crippen LogP contribution is -2.15. The summed E-state index contributed by atoms with van der Waals surface area (Å²) in [6.45, 7) is 0. The van der Waals surface area contributed by atoms with Crippen LogP contribution in [-0.2, 0) is 0 Å². The quantitative estimate of drug-likeness (QED) is 0.841. The van der Waals surface area contributed by atoms with Gasteiger partial charge in [-0.3, -0.25) is 0 Å². The average Bonchev–Trinajstić information content (AvgIpc) is 2.82. The van der Waals surface area contributed by atoms with Crippen LogP contribution in [0, 0.1) is 0 Å². The van der Waals surface area contributed by atoms with Gasteiger partial charge in [0.05, 0.1) is 5.52 Å². The first-order valence-electron chi connectivity index (χ1n) is 5.79. The molecule has 86 valence electrons. The van der Waals surface area contributed by atoms with E-state index >= 15 is 0 Å². The van der Waals surface area contributed by atoms with E-state index in [2.05, 4.69) is 50.5 Å². The van der Waals surface area contributed by atoms with Crippen LogP contribution in [0.25, 0.3) is 10.9 Å². The minimum Gasteiger partial charge on any atom is -0.367 e. The molecule has 0 spiro atoms. The molecule has 0 aliphatic heterocycles. The van der Waals surface area contributed by atoms with Crippen LogP contribution in [0.3, 0.4) is 0 Å². The summed E-state index contributed by atoms with van der Waals surface area (Å²) >= 11 is 3.47. The van der Waals surface area contributed by atoms with E-state index in [-0.39, 0.29) is 0 Å². The van der Waals surface area contributed by atoms with Crippen molar-refractivity contribution in [3.8, 4) is 0 Å². The maximum Gasteiger partial charge on any atom is 0.126 e. The van der Waals surface area contributed by atoms with Gasteiger partial charge in [-0.1, -0.05) is 28.1 Å². The van der Waals surface area contributed by atoms with E-state index in [1.165, 1.54) is 0 Å². The Bertz CT molecular complexity index is 569. The van der Waals surface area contributed by atoms with Crippen molar-refractivity contribution in [2.45, 2.75) is 18.9 Å². The Kier molecular flexibility index (Phi) is 2.85. The molecule has 0 saturated carbocycles. The second-order valence-electron chi connectivity index (χ2n) is 4.32. The van der Waals surface area contributed by atoms with Gasteiger partial charge in [-0.05, 0) is 43.2 Å². The Hall–Kier alpha value is -1.35. The van der Waals surface area contributed by atoms with Crippen molar-refractivity contribution in [1.29, 1.82) is 0 Å². The summed E-state index contributed by atoms with van der Waals surface area (Å²) in [7, 11) is 0. The summed E-state index contributed by atoms with van der Waals surface area (Å²) in [6.07, 6.45) is 6.63. The molecule has 0 radical (unpaired) electrons. The van der Waals surface area contributed by atoms with Crippen molar-refractivity contribution in [1.82, 2.24) is 4.98 Å². The van der Waals surface area contributed by atoms with Crippen molar-refractivity contribution < 1.29 is 0 Å². The Labute approximate surface area is 109 Å². The third-order valence-electron chi connectivity index (χ3n) is 3.01. The molecule has 1 aromatic heterocycles. The minimum absolute atomic E-state index is 0.510. The Morgan fingerprint density at radius 1 is 1.12 bits per heavy atom. The third-order valence-corrected chi connectivity index (χ3v) is 3.50. The zero-order valence-electron chi connectivity index (χ0n) is 9.36. The van der Waals surface area contributed by atoms with Crippen LogP contribution in [0.15, 0.2) is 47.0 Å². The summed E-state index contributed by atoms with van der Waals surface area (Å²) in [5.41, 5.74) is 1.03. The van der Waals surface area contributed by atoms with Gasteiger partial charge in [-0.2, -0.15) is 0 Å². The number of rotatable bonds is 2. The standard InChI is InChI=1S/C14H13BrN2/c15-11-6-7-13-10(9-11)5-8-14(17-13)16-12-3-1-2-4-12/h1-2,5-9,12H,3-4H2,(H,16,17). The topological polar surface area (TPSA) is 24.9 Å². The molecule has 0 amide bonds. The van der Waals surface area contributed by atoms with Crippen molar-refractivity contribution >= 4 is 32.7 Å². The number of hydrogen-bond donors (Lipinski definition) is 1. The normalized spacial score (nSPS) is 15.6. The van der Waals surface area contributed by atoms with Gasteiger partial charge < -0.3 is 5.32 Å². The van der Waals surface area contributed by atoms with E-state index in [0.717, 1.165) is 34.0 Å². The molecule has 2 nitrogen and oxygen atoms in total. The van der Waals surface area contributed by atoms with E-state index in [9.17, 15) is 0 Å². The van der Waals surface area contributed by atoms with Gasteiger partial charge in [-0.25, -0.2) is 4.98 Å². The fourth-order valence-electron chi connectivity index (χ4n) is 2.12. The molecule has 1 heterocycles. The minimum atomic E-state index is 0.510. The fraction of sp³-hybridized carbons (Fsp3) is 0.214. The average molecular weight is 289 g/mol. The first kappa shape index (κ1) is 10.8. The second kappa shape index (κ2) is 4.49. The number of benzene rings is 1. The van der Waals surface area contributed by atoms with Gasteiger partial charge >= 0.3 is 0 Å². The Morgan fingerprint density at radius 2 is 1.94 bits per heavy atom. The second-order valence-corrected chi connectivity index (χ2v) is 5.23. The van der Waals surface area contributed by atoms with Crippen molar-refractivity contribution in [3.05, 3.63) is 47.0 Å². The molecule has 1 aromatic carbocycles. The van der Waals surface area contributed by atoms with E-state index in [1.807, 2.05) is 18.2 Å². The predicted octanol–water partition coefficient (Wildman–Crippen LogP) is 4.13. The number of pyridine rings is 1. The van der Waals surface area contributed by atoms with Crippen LogP contribution in [0.5, 0.6) is 0 Å². The maximum atomic E-state index is 4.62. The van der Waals surface area contributed by atoms with E-state index < -0.39 is 0 Å². The summed E-state index contributed by atoms with van der Waals surface area (Å²) < 4.78 is 1.09. The molecule has 0 unspecified atom stereocenters. The van der Waals surface area contributed by atoms with E-state index in [4.69, 9.17) is 0 Å². The molecule has 1 N–H and O–H groups in total. The van der Waals surface area contributed by atoms with Gasteiger partial charge in [0, 0.05) is 15.9 Å². The lowest BCUT2D eigenvalue weighted by atomic mass is 10.2. The molecule has 2 aromatic rings. The van der Waals surface area contributed by atoms with Gasteiger partial charge in [-0.15, -0.1) is 0 Å². The fourth-order valence-corrected chi connectivity index (χ4v) is 2.50. The first-order valence-corrected chi connectivity index (χ1v) is 6.58. The van der Waals surface area contributed by atoms with Crippen molar-refractivity contribution in [3.63, 3.8) is 0 Å². The molecule has 3 rings (SSSR count). The SMILES string of the molecule is Brc1ccc2nc(NC3CC=CC3)ccc2c1. The maximum absolute atomic E-state index is 4.62. The zero-order valence-corrected chi connectivity index (χ0v) is 10.9. The highest BCUT2D eigenvalue weighted by molar-refractivity contribution is 9.10. The van der Waals surface area contributed by atoms with Gasteiger partial charge in [0.1, 0.15) is 5.82 Å². The molecular weight excluding hydrogens is 276 g/mol. The molecule has 1 aliphatic carbocycles. The molecular formula is C14H13BrN2. The molecule has 17 heavy (non-hydrogen) atoms. The van der Waals surface area contributed by atoms with Crippen LogP contribution in [0.2, 0.25) is 0 Å². The first-order chi connectivity index (χ1) is 8.31. The highest BCUT2D eigenvalue weighted by Gasteiger charge is 2.10. The van der Waals surface area contributed by atoms with E-state index in [1.54, 1.807) is 0 Å². The summed E-state index contributed by atoms with van der Waals surface area (Å²) in [6, 6.07) is 10.8. The Balaban J connectivity index is 1.88. The van der Waals surface area contributed by atoms with Crippen molar-refractivity contribution in [2.24, 2.45) is 0 Å². The van der Waals surface area contributed by atoms with Crippen molar-refractivity contribution in [2.75, 3.05) is 5.32 Å². The predicted molar refractivity (Wildman–Crippen MR) is 75.2 cm³/mol. The lowest BCUT2D eigenvalue weighted by Gasteiger charge is -2.13. The van der Waals surface area contributed by atoms with E-state index in [0.29, 0.717) is 6.04 Å². The number of nitrogens with zero attached hydrogens (tertiary/aromatic N) is 1. The molecule has 1 aliphatic rings. The number of halogens is 1. The highest BCUT2D eigenvalue weighted by atomic mass is 79.9. The monoisotopic (exact) mass is 288 g/mol. The molecule has 0 bridgehead atoms. The van der Waals surface area contributed by atoms with Crippen LogP contribution in [0.1, 0.15) is 12.8 Å². The number of fused-ring (bicyclic) bond motifs is 1. The number of nitrogens with one attached hydrogen (secondary N) is 1. The number of aromatic nitrogens is 1. The third kappa shape index (κ3) is 2.34. The van der Waals surface area contributed by atoms with Crippen LogP contribution < -0.4 is 5.32 Å². The summed E-state index contributed by atoms with van der Waals surface area (Å²) in [5, 5.41) is 4.62. The number of hydrogen-bond acceptors (Lipinski definition) is 2. The molecule has 0 atom stereocenters. The summed E-state index contributed by atoms with van der Waals surface area (Å²) in [5.74, 6) is 0.966. The molecule has 0 saturated heterocycles.